The summed E-state index contributed by atoms with van der Waals surface area (Å²) in [5.74, 6) is 2.24. The molecular formula is C21H28N2O3. The average Bonchev–Trinajstić information content (AvgIpc) is 3.35. The number of methoxy groups -OCH3 is 1. The first-order valence-electron chi connectivity index (χ1n) is 9.83. The Hall–Kier alpha value is -2.01. The zero-order valence-electron chi connectivity index (χ0n) is 15.5. The van der Waals surface area contributed by atoms with E-state index in [1.807, 2.05) is 18.2 Å². The molecular weight excluding hydrogens is 328 g/mol. The Morgan fingerprint density at radius 1 is 1.08 bits per heavy atom. The van der Waals surface area contributed by atoms with E-state index in [0.29, 0.717) is 5.75 Å². The van der Waals surface area contributed by atoms with Gasteiger partial charge in [-0.15, -0.1) is 0 Å². The van der Waals surface area contributed by atoms with Crippen LogP contribution in [0.4, 0.5) is 0 Å². The van der Waals surface area contributed by atoms with Crippen molar-refractivity contribution in [1.29, 1.82) is 0 Å². The molecule has 2 aromatic rings. The van der Waals surface area contributed by atoms with E-state index in [0.717, 1.165) is 48.8 Å². The standard InChI is InChI=1S/C21H28N2O3/c1-24-19-10-9-16(13-20(19)26-21-8-5-11-25-21)18-14-17(22-23-18)12-15-6-3-2-4-7-15/h9-10,13-15,21H,2-8,11-12H2,1H3,(H,22,23). The summed E-state index contributed by atoms with van der Waals surface area (Å²) in [5, 5.41) is 7.75. The molecule has 1 saturated carbocycles. The molecule has 0 radical (unpaired) electrons. The van der Waals surface area contributed by atoms with Gasteiger partial charge in [-0.2, -0.15) is 5.10 Å². The minimum absolute atomic E-state index is 0.180. The van der Waals surface area contributed by atoms with E-state index in [1.54, 1.807) is 7.11 Å². The van der Waals surface area contributed by atoms with Crippen molar-refractivity contribution in [2.75, 3.05) is 13.7 Å². The van der Waals surface area contributed by atoms with Gasteiger partial charge in [0.15, 0.2) is 17.8 Å². The highest BCUT2D eigenvalue weighted by molar-refractivity contribution is 5.64. The number of hydrogen-bond donors (Lipinski definition) is 1. The van der Waals surface area contributed by atoms with Crippen LogP contribution in [0.1, 0.15) is 50.6 Å². The van der Waals surface area contributed by atoms with Crippen molar-refractivity contribution in [3.63, 3.8) is 0 Å². The van der Waals surface area contributed by atoms with Crippen LogP contribution in [0.15, 0.2) is 24.3 Å². The first-order valence-corrected chi connectivity index (χ1v) is 9.83. The summed E-state index contributed by atoms with van der Waals surface area (Å²) in [6.45, 7) is 0.760. The van der Waals surface area contributed by atoms with E-state index in [9.17, 15) is 0 Å². The maximum absolute atomic E-state index is 6.00. The molecule has 1 atom stereocenters. The zero-order chi connectivity index (χ0) is 17.8. The molecule has 1 aromatic heterocycles. The summed E-state index contributed by atoms with van der Waals surface area (Å²) in [4.78, 5) is 0. The summed E-state index contributed by atoms with van der Waals surface area (Å²) >= 11 is 0. The third-order valence-corrected chi connectivity index (χ3v) is 5.47. The molecule has 0 bridgehead atoms. The van der Waals surface area contributed by atoms with Crippen LogP contribution in [-0.4, -0.2) is 30.2 Å². The molecule has 1 saturated heterocycles. The highest BCUT2D eigenvalue weighted by atomic mass is 16.7. The molecule has 26 heavy (non-hydrogen) atoms. The van der Waals surface area contributed by atoms with Crippen molar-refractivity contribution < 1.29 is 14.2 Å². The van der Waals surface area contributed by atoms with Crippen molar-refractivity contribution in [1.82, 2.24) is 10.2 Å². The fourth-order valence-corrected chi connectivity index (χ4v) is 4.03. The Morgan fingerprint density at radius 3 is 2.73 bits per heavy atom. The van der Waals surface area contributed by atoms with E-state index in [2.05, 4.69) is 16.3 Å². The molecule has 1 N–H and O–H groups in total. The predicted octanol–water partition coefficient (Wildman–Crippen LogP) is 4.72. The number of aromatic nitrogens is 2. The van der Waals surface area contributed by atoms with Crippen molar-refractivity contribution in [2.45, 2.75) is 57.7 Å². The number of H-pyrrole nitrogens is 1. The van der Waals surface area contributed by atoms with Crippen LogP contribution in [0.25, 0.3) is 11.3 Å². The Morgan fingerprint density at radius 2 is 1.96 bits per heavy atom. The minimum atomic E-state index is -0.180. The average molecular weight is 356 g/mol. The van der Waals surface area contributed by atoms with Crippen LogP contribution in [0.5, 0.6) is 11.5 Å². The van der Waals surface area contributed by atoms with E-state index >= 15 is 0 Å². The summed E-state index contributed by atoms with van der Waals surface area (Å²) in [7, 11) is 1.66. The fourth-order valence-electron chi connectivity index (χ4n) is 4.03. The topological polar surface area (TPSA) is 56.4 Å². The number of benzene rings is 1. The summed E-state index contributed by atoms with van der Waals surface area (Å²) < 4.78 is 17.0. The van der Waals surface area contributed by atoms with Gasteiger partial charge in [0.2, 0.25) is 0 Å². The van der Waals surface area contributed by atoms with Crippen LogP contribution in [-0.2, 0) is 11.2 Å². The molecule has 1 aliphatic heterocycles. The second kappa shape index (κ2) is 8.12. The Kier molecular flexibility index (Phi) is 5.44. The molecule has 1 aliphatic carbocycles. The van der Waals surface area contributed by atoms with Gasteiger partial charge in [-0.1, -0.05) is 32.1 Å². The quantitative estimate of drug-likeness (QED) is 0.813. The van der Waals surface area contributed by atoms with E-state index < -0.39 is 0 Å². The smallest absolute Gasteiger partial charge is 0.200 e. The third-order valence-electron chi connectivity index (χ3n) is 5.47. The summed E-state index contributed by atoms with van der Waals surface area (Å²) in [6.07, 6.45) is 9.69. The lowest BCUT2D eigenvalue weighted by molar-refractivity contribution is -0.0402. The van der Waals surface area contributed by atoms with Crippen LogP contribution in [0, 0.1) is 5.92 Å². The maximum atomic E-state index is 6.00. The van der Waals surface area contributed by atoms with Gasteiger partial charge in [-0.05, 0) is 43.0 Å². The van der Waals surface area contributed by atoms with Gasteiger partial charge in [0.05, 0.1) is 19.4 Å². The second-order valence-corrected chi connectivity index (χ2v) is 7.41. The molecule has 2 fully saturated rings. The molecule has 5 heteroatoms. The molecule has 4 rings (SSSR count). The fraction of sp³-hybridized carbons (Fsp3) is 0.571. The Balaban J connectivity index is 1.49. The van der Waals surface area contributed by atoms with Gasteiger partial charge in [-0.3, -0.25) is 5.10 Å². The number of nitrogens with zero attached hydrogens (tertiary/aromatic N) is 1. The lowest BCUT2D eigenvalue weighted by atomic mass is 9.86. The van der Waals surface area contributed by atoms with E-state index in [4.69, 9.17) is 14.2 Å². The molecule has 2 heterocycles. The number of aromatic amines is 1. The molecule has 140 valence electrons. The molecule has 0 spiro atoms. The van der Waals surface area contributed by atoms with Crippen LogP contribution >= 0.6 is 0 Å². The highest BCUT2D eigenvalue weighted by Gasteiger charge is 2.20. The largest absolute Gasteiger partial charge is 0.493 e. The predicted molar refractivity (Wildman–Crippen MR) is 100 cm³/mol. The highest BCUT2D eigenvalue weighted by Crippen LogP contribution is 2.34. The van der Waals surface area contributed by atoms with Gasteiger partial charge >= 0.3 is 0 Å². The summed E-state index contributed by atoms with van der Waals surface area (Å²) in [5.41, 5.74) is 3.21. The minimum Gasteiger partial charge on any atom is -0.493 e. The summed E-state index contributed by atoms with van der Waals surface area (Å²) in [6, 6.07) is 8.14. The molecule has 1 unspecified atom stereocenters. The molecule has 0 amide bonds. The number of rotatable bonds is 6. The monoisotopic (exact) mass is 356 g/mol. The number of nitrogens with one attached hydrogen (secondary N) is 1. The van der Waals surface area contributed by atoms with Crippen LogP contribution in [0.2, 0.25) is 0 Å². The van der Waals surface area contributed by atoms with E-state index in [-0.39, 0.29) is 6.29 Å². The van der Waals surface area contributed by atoms with Gasteiger partial charge in [0, 0.05) is 17.7 Å². The van der Waals surface area contributed by atoms with Crippen molar-refractivity contribution >= 4 is 0 Å². The van der Waals surface area contributed by atoms with Gasteiger partial charge in [0.1, 0.15) is 0 Å². The molecule has 5 nitrogen and oxygen atoms in total. The molecule has 1 aromatic carbocycles. The lowest BCUT2D eigenvalue weighted by Crippen LogP contribution is -2.14. The second-order valence-electron chi connectivity index (χ2n) is 7.41. The van der Waals surface area contributed by atoms with Gasteiger partial charge in [-0.25, -0.2) is 0 Å². The number of hydrogen-bond acceptors (Lipinski definition) is 4. The van der Waals surface area contributed by atoms with Crippen LogP contribution < -0.4 is 9.47 Å². The van der Waals surface area contributed by atoms with Crippen molar-refractivity contribution in [3.8, 4) is 22.8 Å². The Bertz CT molecular complexity index is 716. The van der Waals surface area contributed by atoms with Gasteiger partial charge < -0.3 is 14.2 Å². The number of ether oxygens (including phenoxy) is 3. The van der Waals surface area contributed by atoms with Crippen molar-refractivity contribution in [2.24, 2.45) is 5.92 Å². The van der Waals surface area contributed by atoms with E-state index in [1.165, 1.54) is 37.8 Å². The van der Waals surface area contributed by atoms with Crippen LogP contribution in [0.3, 0.4) is 0 Å². The van der Waals surface area contributed by atoms with Crippen molar-refractivity contribution in [3.05, 3.63) is 30.0 Å². The SMILES string of the molecule is COc1ccc(-c2cc(CC3CCCCC3)[nH]n2)cc1OC1CCCO1. The molecule has 2 aliphatic rings. The first-order chi connectivity index (χ1) is 12.8. The maximum Gasteiger partial charge on any atom is 0.200 e. The first kappa shape index (κ1) is 17.4. The van der Waals surface area contributed by atoms with Gasteiger partial charge in [0.25, 0.3) is 0 Å². The zero-order valence-corrected chi connectivity index (χ0v) is 15.5. The third kappa shape index (κ3) is 4.04. The lowest BCUT2D eigenvalue weighted by Gasteiger charge is -2.20. The Labute approximate surface area is 155 Å². The normalized spacial score (nSPS) is 21.0.